The van der Waals surface area contributed by atoms with E-state index in [2.05, 4.69) is 56.0 Å². The molecule has 0 spiro atoms. The van der Waals surface area contributed by atoms with Crippen LogP contribution >= 0.6 is 23.8 Å². The molecule has 0 fully saturated rings. The number of rotatable bonds is 43. The molecule has 17 heteroatoms. The highest BCUT2D eigenvalue weighted by atomic mass is 79.9. The Morgan fingerprint density at radius 3 is 1.80 bits per heavy atom. The Morgan fingerprint density at radius 2 is 1.22 bits per heavy atom. The lowest BCUT2D eigenvalue weighted by Crippen LogP contribution is -2.51. The second-order valence-electron chi connectivity index (χ2n) is 18.6. The van der Waals surface area contributed by atoms with E-state index in [0.29, 0.717) is 25.7 Å². The van der Waals surface area contributed by atoms with E-state index in [0.717, 1.165) is 59.5 Å². The molecule has 4 atom stereocenters. The van der Waals surface area contributed by atoms with Gasteiger partial charge in [0.2, 0.25) is 23.6 Å². The Hall–Kier alpha value is -3.30. The second-order valence-corrected chi connectivity index (χ2v) is 20.9. The van der Waals surface area contributed by atoms with Crippen LogP contribution in [0.2, 0.25) is 0 Å². The van der Waals surface area contributed by atoms with Gasteiger partial charge in [0.15, 0.2) is 0 Å². The maximum atomic E-state index is 13.3. The topological polar surface area (TPSA) is 214 Å². The summed E-state index contributed by atoms with van der Waals surface area (Å²) in [5, 5.41) is 11.8. The van der Waals surface area contributed by atoms with E-state index in [9.17, 15) is 33.4 Å². The minimum atomic E-state index is -4.75. The number of H-pyrrole nitrogens is 1. The number of amides is 4. The Bertz CT molecular complexity index is 1800. The van der Waals surface area contributed by atoms with Crippen molar-refractivity contribution in [2.75, 3.05) is 32.9 Å². The third-order valence-corrected chi connectivity index (χ3v) is 14.0. The molecule has 394 valence electrons. The summed E-state index contributed by atoms with van der Waals surface area (Å²) in [5.74, 6) is -2.32. The summed E-state index contributed by atoms with van der Waals surface area (Å²) in [4.78, 5) is 78.6. The van der Waals surface area contributed by atoms with Crippen LogP contribution in [0, 0.1) is 5.92 Å². The fraction of sp³-hybridized carbons (Fsp3) is 0.750. The van der Waals surface area contributed by atoms with Crippen molar-refractivity contribution in [1.29, 1.82) is 0 Å². The summed E-state index contributed by atoms with van der Waals surface area (Å²) >= 11 is 3.47. The number of phosphoric acid groups is 1. The van der Waals surface area contributed by atoms with E-state index in [1.165, 1.54) is 96.3 Å². The van der Waals surface area contributed by atoms with Crippen LogP contribution in [0.3, 0.4) is 0 Å². The van der Waals surface area contributed by atoms with Gasteiger partial charge in [0.1, 0.15) is 12.1 Å². The van der Waals surface area contributed by atoms with Crippen molar-refractivity contribution in [1.82, 2.24) is 26.3 Å². The summed E-state index contributed by atoms with van der Waals surface area (Å²) in [6, 6.07) is 3.57. The number of carbonyl (C=O) groups is 5. The van der Waals surface area contributed by atoms with Gasteiger partial charge < -0.3 is 35.9 Å². The number of phosphoric ester groups is 1. The quantitative estimate of drug-likeness (QED) is 0.0210. The first-order valence-corrected chi connectivity index (χ1v) is 28.8. The zero-order chi connectivity index (χ0) is 50.5. The number of fused-ring (bicyclic) bond motifs is 1. The second kappa shape index (κ2) is 38.4. The molecule has 0 aliphatic heterocycles. The van der Waals surface area contributed by atoms with Gasteiger partial charge in [-0.2, -0.15) is 0 Å². The molecule has 4 amide bonds. The maximum absolute atomic E-state index is 13.3. The van der Waals surface area contributed by atoms with E-state index in [1.54, 1.807) is 6.20 Å². The van der Waals surface area contributed by atoms with Crippen molar-refractivity contribution < 1.29 is 47.2 Å². The monoisotopic (exact) mass is 1050 g/mol. The van der Waals surface area contributed by atoms with Crippen LogP contribution in [0.1, 0.15) is 200 Å². The van der Waals surface area contributed by atoms with Crippen LogP contribution in [0.4, 0.5) is 0 Å². The first kappa shape index (κ1) is 61.8. The number of ether oxygens (including phenoxy) is 1. The lowest BCUT2D eigenvalue weighted by Gasteiger charge is -2.24. The van der Waals surface area contributed by atoms with Crippen molar-refractivity contribution in [2.24, 2.45) is 5.92 Å². The lowest BCUT2D eigenvalue weighted by atomic mass is 9.98. The van der Waals surface area contributed by atoms with Gasteiger partial charge in [-0.25, -0.2) is 4.57 Å². The molecule has 0 saturated carbocycles. The van der Waals surface area contributed by atoms with E-state index < -0.39 is 44.9 Å². The average molecular weight is 1060 g/mol. The van der Waals surface area contributed by atoms with Crippen LogP contribution in [-0.4, -0.2) is 84.5 Å². The van der Waals surface area contributed by atoms with Crippen molar-refractivity contribution in [3.63, 3.8) is 0 Å². The van der Waals surface area contributed by atoms with Crippen LogP contribution in [-0.2, 0) is 48.7 Å². The highest BCUT2D eigenvalue weighted by Crippen LogP contribution is 2.43. The van der Waals surface area contributed by atoms with Crippen molar-refractivity contribution in [2.45, 2.75) is 213 Å². The van der Waals surface area contributed by atoms with Crippen LogP contribution in [0.15, 0.2) is 28.9 Å². The summed E-state index contributed by atoms with van der Waals surface area (Å²) in [6.07, 6.45) is 28.8. The molecule has 0 bridgehead atoms. The number of hydrogen-bond donors (Lipinski definition) is 6. The molecule has 2 aromatic rings. The molecular weight excluding hydrogens is 965 g/mol. The molecule has 1 aromatic carbocycles. The van der Waals surface area contributed by atoms with Gasteiger partial charge in [-0.15, -0.1) is 0 Å². The van der Waals surface area contributed by atoms with E-state index in [-0.39, 0.29) is 56.2 Å². The predicted octanol–water partition coefficient (Wildman–Crippen LogP) is 11.2. The summed E-state index contributed by atoms with van der Waals surface area (Å²) in [6.45, 7) is 7.21. The molecule has 6 N–H and O–H groups in total. The number of halogens is 1. The van der Waals surface area contributed by atoms with Gasteiger partial charge in [0.05, 0.1) is 26.2 Å². The number of nitrogens with one attached hydrogen (secondary N) is 5. The fourth-order valence-corrected chi connectivity index (χ4v) is 9.14. The molecule has 0 aliphatic rings. The van der Waals surface area contributed by atoms with E-state index in [1.807, 2.05) is 32.0 Å². The lowest BCUT2D eigenvalue weighted by molar-refractivity contribution is -0.143. The third kappa shape index (κ3) is 29.6. The highest BCUT2D eigenvalue weighted by molar-refractivity contribution is 9.10. The number of aromatic nitrogens is 1. The Balaban J connectivity index is 1.83. The van der Waals surface area contributed by atoms with E-state index >= 15 is 0 Å². The minimum Gasteiger partial charge on any atom is -0.466 e. The Morgan fingerprint density at radius 1 is 0.667 bits per heavy atom. The van der Waals surface area contributed by atoms with Gasteiger partial charge in [-0.1, -0.05) is 178 Å². The van der Waals surface area contributed by atoms with Crippen LogP contribution in [0.5, 0.6) is 0 Å². The number of hydrogen-bond acceptors (Lipinski definition) is 9. The van der Waals surface area contributed by atoms with Gasteiger partial charge >= 0.3 is 13.8 Å². The number of benzene rings is 1. The Labute approximate surface area is 422 Å². The molecule has 1 unspecified atom stereocenters. The number of esters is 1. The minimum absolute atomic E-state index is 0.0542. The summed E-state index contributed by atoms with van der Waals surface area (Å²) in [7, 11) is -4.75. The predicted molar refractivity (Wildman–Crippen MR) is 278 cm³/mol. The normalized spacial score (nSPS) is 13.6. The number of carbonyl (C=O) groups excluding carboxylic acids is 5. The molecule has 0 saturated heterocycles. The van der Waals surface area contributed by atoms with Gasteiger partial charge in [-0.3, -0.25) is 33.0 Å². The number of aromatic amines is 1. The maximum Gasteiger partial charge on any atom is 0.472 e. The van der Waals surface area contributed by atoms with Crippen LogP contribution < -0.4 is 21.3 Å². The van der Waals surface area contributed by atoms with Gasteiger partial charge in [0, 0.05) is 47.5 Å². The average Bonchev–Trinajstić information content (AvgIpc) is 3.72. The molecule has 0 radical (unpaired) electrons. The standard InChI is InChI=1S/C52H89BrN5O10P/c1-5-8-10-12-14-16-17-18-19-21-22-24-26-29-47(59)57-46(51(62)54-33-28-35-66-49(61)30-27-25-23-20-15-13-11-9-6-2)40-68-69(64,65)67-36-34-55-52(63)50(41(4)7-3)58-48(60)37-42-39-56-45-32-31-43(53)38-44(42)45/h31-32,38-39,41,46,50,56H,5-30,33-37,40H2,1-4H3,(H,54,62)(H,55,63)(H,57,59)(H,58,60)(H,64,65)/t41-,46-,50-/m0/s1. The molecule has 0 aliphatic carbocycles. The van der Waals surface area contributed by atoms with Crippen LogP contribution in [0.25, 0.3) is 10.9 Å². The smallest absolute Gasteiger partial charge is 0.466 e. The largest absolute Gasteiger partial charge is 0.472 e. The molecule has 15 nitrogen and oxygen atoms in total. The van der Waals surface area contributed by atoms with Gasteiger partial charge in [-0.05, 0) is 48.9 Å². The zero-order valence-electron chi connectivity index (χ0n) is 42.6. The molecule has 1 aromatic heterocycles. The Kier molecular flexibility index (Phi) is 34.4. The van der Waals surface area contributed by atoms with Gasteiger partial charge in [0.25, 0.3) is 0 Å². The fourth-order valence-electron chi connectivity index (χ4n) is 8.05. The van der Waals surface area contributed by atoms with E-state index in [4.69, 9.17) is 13.8 Å². The summed E-state index contributed by atoms with van der Waals surface area (Å²) < 4.78 is 29.5. The molecular formula is C52H89BrN5O10P. The number of unbranched alkanes of at least 4 members (excludes halogenated alkanes) is 20. The first-order chi connectivity index (χ1) is 33.3. The SMILES string of the molecule is CCCCCCCCCCCCCCCC(=O)N[C@@H](COP(=O)(O)OCCNC(=O)[C@@H](NC(=O)Cc1c[nH]c2ccc(Br)cc12)[C@@H](C)CC)C(=O)NCCCOC(=O)CCCCCCCCCCC. The molecule has 1 heterocycles. The molecule has 2 rings (SSSR count). The van der Waals surface area contributed by atoms with Crippen molar-refractivity contribution in [3.05, 3.63) is 34.4 Å². The summed E-state index contributed by atoms with van der Waals surface area (Å²) in [5.41, 5.74) is 1.67. The zero-order valence-corrected chi connectivity index (χ0v) is 45.1. The molecule has 69 heavy (non-hydrogen) atoms. The highest BCUT2D eigenvalue weighted by Gasteiger charge is 2.29. The first-order valence-electron chi connectivity index (χ1n) is 26.5. The van der Waals surface area contributed by atoms with Crippen molar-refractivity contribution >= 4 is 64.3 Å². The third-order valence-electron chi connectivity index (χ3n) is 12.5. The van der Waals surface area contributed by atoms with Crippen molar-refractivity contribution in [3.8, 4) is 0 Å².